The second-order valence-corrected chi connectivity index (χ2v) is 10.8. The van der Waals surface area contributed by atoms with E-state index in [4.69, 9.17) is 0 Å². The third-order valence-corrected chi connectivity index (χ3v) is 7.63. The van der Waals surface area contributed by atoms with Gasteiger partial charge in [-0.25, -0.2) is 9.67 Å². The smallest absolute Gasteiger partial charge is 0.306 e. The maximum absolute atomic E-state index is 14.8. The molecule has 6 rings (SSSR count). The van der Waals surface area contributed by atoms with E-state index in [1.165, 1.54) is 0 Å². The second-order valence-electron chi connectivity index (χ2n) is 10.8. The van der Waals surface area contributed by atoms with Crippen LogP contribution in [0.2, 0.25) is 0 Å². The first-order chi connectivity index (χ1) is 21.5. The normalized spacial score (nSPS) is 11.7. The van der Waals surface area contributed by atoms with Crippen LogP contribution in [0.3, 0.4) is 0 Å². The Hall–Kier alpha value is -4.99. The summed E-state index contributed by atoms with van der Waals surface area (Å²) >= 11 is 0. The van der Waals surface area contributed by atoms with Crippen molar-refractivity contribution in [2.24, 2.45) is 0 Å². The first kappa shape index (κ1) is 29.1. The maximum Gasteiger partial charge on any atom is 0.308 e. The average Bonchev–Trinajstić information content (AvgIpc) is 3.81. The summed E-state index contributed by atoms with van der Waals surface area (Å²) in [7, 11) is 0. The predicted molar refractivity (Wildman–Crippen MR) is 166 cm³/mol. The van der Waals surface area contributed by atoms with Gasteiger partial charge in [-0.15, -0.1) is 15.3 Å². The van der Waals surface area contributed by atoms with Crippen LogP contribution in [0.1, 0.15) is 56.7 Å². The van der Waals surface area contributed by atoms with Crippen LogP contribution in [0.25, 0.3) is 39.6 Å². The molecule has 0 bridgehead atoms. The van der Waals surface area contributed by atoms with Gasteiger partial charge >= 0.3 is 5.92 Å². The van der Waals surface area contributed by atoms with Crippen LogP contribution in [0, 0.1) is 0 Å². The Labute approximate surface area is 254 Å². The molecule has 1 N–H and O–H groups in total. The van der Waals surface area contributed by atoms with Gasteiger partial charge in [0.05, 0.1) is 12.2 Å². The minimum Gasteiger partial charge on any atom is -0.306 e. The zero-order valence-corrected chi connectivity index (χ0v) is 24.8. The standard InChI is InChI=1S/C34H34F2N8/c1-3-5-16-30-37-33(34(35,36)21-4-2)40-43(30)23-24-17-19-27(20-18-24)44-29(26-14-10-7-11-15-26)22-28(25-12-8-6-9-13-25)31(44)32-38-41-42-39-32/h6-15,17-20,22H,3-5,16,21,23H2,1-2H3,(H,38,39,41,42). The highest BCUT2D eigenvalue weighted by molar-refractivity contribution is 5.86. The molecule has 0 saturated heterocycles. The number of benzene rings is 3. The number of hydrogen-bond acceptors (Lipinski definition) is 5. The zero-order chi connectivity index (χ0) is 30.5. The van der Waals surface area contributed by atoms with Gasteiger partial charge in [0.2, 0.25) is 11.6 Å². The lowest BCUT2D eigenvalue weighted by molar-refractivity contribution is -0.0232. The van der Waals surface area contributed by atoms with Gasteiger partial charge in [-0.1, -0.05) is 93.1 Å². The van der Waals surface area contributed by atoms with E-state index in [0.29, 0.717) is 31.0 Å². The largest absolute Gasteiger partial charge is 0.308 e. The SMILES string of the molecule is CCCCc1nc(C(F)(F)CCC)nn1Cc1ccc(-n2c(-c3ccccc3)cc(-c3ccccc3)c2-c2nn[nH]n2)cc1. The number of aryl methyl sites for hydroxylation is 1. The van der Waals surface area contributed by atoms with E-state index in [-0.39, 0.29) is 12.2 Å². The van der Waals surface area contributed by atoms with Gasteiger partial charge in [-0.2, -0.15) is 14.0 Å². The quantitative estimate of drug-likeness (QED) is 0.156. The van der Waals surface area contributed by atoms with Crippen LogP contribution >= 0.6 is 0 Å². The van der Waals surface area contributed by atoms with Crippen molar-refractivity contribution in [3.05, 3.63) is 108 Å². The van der Waals surface area contributed by atoms with Crippen LogP contribution in [-0.2, 0) is 18.9 Å². The summed E-state index contributed by atoms with van der Waals surface area (Å²) in [5, 5.41) is 19.5. The fourth-order valence-corrected chi connectivity index (χ4v) is 5.45. The van der Waals surface area contributed by atoms with Crippen molar-refractivity contribution in [1.82, 2.24) is 40.0 Å². The van der Waals surface area contributed by atoms with E-state index in [9.17, 15) is 8.78 Å². The fourth-order valence-electron chi connectivity index (χ4n) is 5.45. The number of rotatable bonds is 12. The highest BCUT2D eigenvalue weighted by Gasteiger charge is 2.36. The number of aromatic amines is 1. The minimum atomic E-state index is -3.05. The number of aromatic nitrogens is 8. The Balaban J connectivity index is 1.42. The molecular weight excluding hydrogens is 558 g/mol. The number of hydrogen-bond donors (Lipinski definition) is 1. The molecular formula is C34H34F2N8. The molecule has 6 aromatic rings. The van der Waals surface area contributed by atoms with Crippen LogP contribution in [-0.4, -0.2) is 40.0 Å². The molecule has 8 nitrogen and oxygen atoms in total. The number of tetrazole rings is 1. The van der Waals surface area contributed by atoms with Gasteiger partial charge in [-0.05, 0) is 52.9 Å². The number of halogens is 2. The number of alkyl halides is 2. The Morgan fingerprint density at radius 3 is 2.18 bits per heavy atom. The summed E-state index contributed by atoms with van der Waals surface area (Å²) in [6, 6.07) is 30.5. The van der Waals surface area contributed by atoms with E-state index in [2.05, 4.69) is 72.5 Å². The monoisotopic (exact) mass is 592 g/mol. The molecule has 0 radical (unpaired) electrons. The van der Waals surface area contributed by atoms with E-state index in [1.807, 2.05) is 60.7 Å². The third kappa shape index (κ3) is 5.92. The summed E-state index contributed by atoms with van der Waals surface area (Å²) in [4.78, 5) is 4.29. The second kappa shape index (κ2) is 12.7. The Morgan fingerprint density at radius 2 is 1.55 bits per heavy atom. The first-order valence-corrected chi connectivity index (χ1v) is 15.0. The predicted octanol–water partition coefficient (Wildman–Crippen LogP) is 7.87. The molecule has 0 fully saturated rings. The summed E-state index contributed by atoms with van der Waals surface area (Å²) in [6.45, 7) is 4.16. The van der Waals surface area contributed by atoms with Crippen molar-refractivity contribution in [2.75, 3.05) is 0 Å². The third-order valence-electron chi connectivity index (χ3n) is 7.63. The van der Waals surface area contributed by atoms with Crippen molar-refractivity contribution in [3.63, 3.8) is 0 Å². The number of H-pyrrole nitrogens is 1. The highest BCUT2D eigenvalue weighted by atomic mass is 19.3. The Bertz CT molecular complexity index is 1790. The van der Waals surface area contributed by atoms with Crippen molar-refractivity contribution >= 4 is 0 Å². The number of nitrogens with zero attached hydrogens (tertiary/aromatic N) is 7. The molecule has 224 valence electrons. The first-order valence-electron chi connectivity index (χ1n) is 15.0. The summed E-state index contributed by atoms with van der Waals surface area (Å²) < 4.78 is 33.3. The highest BCUT2D eigenvalue weighted by Crippen LogP contribution is 2.40. The molecule has 3 aromatic carbocycles. The lowest BCUT2D eigenvalue weighted by Gasteiger charge is -2.14. The topological polar surface area (TPSA) is 90.1 Å². The van der Waals surface area contributed by atoms with E-state index in [0.717, 1.165) is 52.2 Å². The van der Waals surface area contributed by atoms with Crippen LogP contribution in [0.15, 0.2) is 91.0 Å². The minimum absolute atomic E-state index is 0.271. The van der Waals surface area contributed by atoms with Gasteiger partial charge in [0, 0.05) is 24.1 Å². The van der Waals surface area contributed by atoms with Gasteiger partial charge in [0.25, 0.3) is 0 Å². The zero-order valence-electron chi connectivity index (χ0n) is 24.8. The van der Waals surface area contributed by atoms with E-state index < -0.39 is 5.92 Å². The summed E-state index contributed by atoms with van der Waals surface area (Å²) in [5.74, 6) is -2.38. The molecule has 44 heavy (non-hydrogen) atoms. The molecule has 0 unspecified atom stereocenters. The Kier molecular flexibility index (Phi) is 8.40. The molecule has 3 heterocycles. The fraction of sp³-hybridized carbons (Fsp3) is 0.265. The van der Waals surface area contributed by atoms with Crippen LogP contribution < -0.4 is 0 Å². The Morgan fingerprint density at radius 1 is 0.841 bits per heavy atom. The molecule has 0 atom stereocenters. The van der Waals surface area contributed by atoms with E-state index >= 15 is 0 Å². The summed E-state index contributed by atoms with van der Waals surface area (Å²) in [6.07, 6.45) is 2.48. The average molecular weight is 593 g/mol. The van der Waals surface area contributed by atoms with E-state index in [1.54, 1.807) is 11.6 Å². The van der Waals surface area contributed by atoms with Gasteiger partial charge in [-0.3, -0.25) is 0 Å². The number of unbranched alkanes of at least 4 members (excludes halogenated alkanes) is 1. The molecule has 0 aliphatic heterocycles. The van der Waals surface area contributed by atoms with Crippen molar-refractivity contribution in [2.45, 2.75) is 58.4 Å². The molecule has 0 aliphatic carbocycles. The van der Waals surface area contributed by atoms with Crippen molar-refractivity contribution in [3.8, 4) is 39.6 Å². The lowest BCUT2D eigenvalue weighted by Crippen LogP contribution is -2.15. The molecule has 0 aliphatic rings. The van der Waals surface area contributed by atoms with Gasteiger partial charge in [0.1, 0.15) is 11.5 Å². The number of nitrogens with one attached hydrogen (secondary N) is 1. The molecule has 0 spiro atoms. The summed E-state index contributed by atoms with van der Waals surface area (Å²) in [5.41, 5.74) is 6.64. The molecule has 0 amide bonds. The lowest BCUT2D eigenvalue weighted by atomic mass is 10.0. The van der Waals surface area contributed by atoms with Crippen LogP contribution in [0.5, 0.6) is 0 Å². The van der Waals surface area contributed by atoms with Crippen molar-refractivity contribution in [1.29, 1.82) is 0 Å². The molecule has 0 saturated carbocycles. The van der Waals surface area contributed by atoms with Crippen molar-refractivity contribution < 1.29 is 8.78 Å². The van der Waals surface area contributed by atoms with Gasteiger partial charge < -0.3 is 4.57 Å². The molecule has 3 aromatic heterocycles. The van der Waals surface area contributed by atoms with Crippen LogP contribution in [0.4, 0.5) is 8.78 Å². The van der Waals surface area contributed by atoms with Gasteiger partial charge in [0.15, 0.2) is 0 Å². The molecule has 10 heteroatoms. The maximum atomic E-state index is 14.8.